The number of hydrogen-bond acceptors (Lipinski definition) is 6. The van der Waals surface area contributed by atoms with Crippen molar-refractivity contribution < 1.29 is 9.21 Å². The fraction of sp³-hybridized carbons (Fsp3) is 0.100. The summed E-state index contributed by atoms with van der Waals surface area (Å²) >= 11 is 6.77. The highest BCUT2D eigenvalue weighted by Crippen LogP contribution is 2.38. The lowest BCUT2D eigenvalue weighted by molar-refractivity contribution is -0.122. The summed E-state index contributed by atoms with van der Waals surface area (Å²) in [7, 11) is 0. The van der Waals surface area contributed by atoms with Crippen molar-refractivity contribution in [3.8, 4) is 0 Å². The minimum atomic E-state index is -0.101. The number of thiocarbonyl (C=S) groups is 1. The normalized spacial score (nSPS) is 18.6. The first-order valence-corrected chi connectivity index (χ1v) is 13.2. The summed E-state index contributed by atoms with van der Waals surface area (Å²) in [6.45, 7) is 0.339. The molecular weight excluding hydrogens is 498 g/mol. The molecule has 5 nitrogen and oxygen atoms in total. The van der Waals surface area contributed by atoms with E-state index in [2.05, 4.69) is 53.5 Å². The summed E-state index contributed by atoms with van der Waals surface area (Å²) in [6, 6.07) is 32.7. The van der Waals surface area contributed by atoms with Gasteiger partial charge in [0.25, 0.3) is 5.91 Å². The van der Waals surface area contributed by atoms with Crippen LogP contribution in [0.4, 0.5) is 5.69 Å². The molecule has 2 aliphatic rings. The van der Waals surface area contributed by atoms with Crippen molar-refractivity contribution in [1.82, 2.24) is 4.90 Å². The maximum absolute atomic E-state index is 13.0. The summed E-state index contributed by atoms with van der Waals surface area (Å²) in [5.74, 6) is 0.604. The van der Waals surface area contributed by atoms with E-state index in [1.165, 1.54) is 17.3 Å². The molecule has 0 spiro atoms. The Morgan fingerprint density at radius 2 is 1.68 bits per heavy atom. The first-order valence-electron chi connectivity index (χ1n) is 12.0. The zero-order valence-corrected chi connectivity index (χ0v) is 21.5. The summed E-state index contributed by atoms with van der Waals surface area (Å²) in [5.41, 5.74) is 5.37. The van der Waals surface area contributed by atoms with Crippen LogP contribution in [-0.2, 0) is 11.3 Å². The van der Waals surface area contributed by atoms with Crippen molar-refractivity contribution in [2.45, 2.75) is 19.0 Å². The van der Waals surface area contributed by atoms with Gasteiger partial charge in [-0.05, 0) is 47.0 Å². The minimum Gasteiger partial charge on any atom is -0.467 e. The Hall–Kier alpha value is -3.94. The number of carbonyl (C=O) groups is 1. The fourth-order valence-corrected chi connectivity index (χ4v) is 5.81. The number of hydrogen-bond donors (Lipinski definition) is 0. The van der Waals surface area contributed by atoms with E-state index in [1.54, 1.807) is 17.2 Å². The molecule has 1 saturated heterocycles. The van der Waals surface area contributed by atoms with Crippen molar-refractivity contribution in [2.24, 2.45) is 5.10 Å². The number of nitrogens with zero attached hydrogens (tertiary/aromatic N) is 3. The van der Waals surface area contributed by atoms with Gasteiger partial charge >= 0.3 is 0 Å². The predicted molar refractivity (Wildman–Crippen MR) is 153 cm³/mol. The summed E-state index contributed by atoms with van der Waals surface area (Å²) in [6.07, 6.45) is 4.32. The topological polar surface area (TPSA) is 49.1 Å². The molecule has 2 aliphatic heterocycles. The Morgan fingerprint density at radius 3 is 2.38 bits per heavy atom. The molecule has 182 valence electrons. The number of hydrazone groups is 1. The van der Waals surface area contributed by atoms with Crippen LogP contribution in [0.5, 0.6) is 0 Å². The van der Waals surface area contributed by atoms with Crippen molar-refractivity contribution in [1.29, 1.82) is 0 Å². The molecule has 1 amide bonds. The molecule has 1 fully saturated rings. The molecule has 0 aliphatic carbocycles. The number of rotatable bonds is 6. The van der Waals surface area contributed by atoms with Crippen LogP contribution in [0.1, 0.15) is 34.9 Å². The van der Waals surface area contributed by atoms with Gasteiger partial charge in [-0.25, -0.2) is 0 Å². The molecule has 0 radical (unpaired) electrons. The number of benzene rings is 3. The predicted octanol–water partition coefficient (Wildman–Crippen LogP) is 7.04. The first kappa shape index (κ1) is 23.5. The Morgan fingerprint density at radius 1 is 0.946 bits per heavy atom. The Balaban J connectivity index is 1.25. The average molecular weight is 522 g/mol. The van der Waals surface area contributed by atoms with Crippen LogP contribution < -0.4 is 5.01 Å². The standard InChI is InChI=1S/C30H23N3O2S2/c34-29-28(37-30(36)32(29)20-25-12-7-17-35-25)18-21-13-15-24(16-14-21)33-27(23-10-5-2-6-11-23)19-26(31-33)22-8-3-1-4-9-22/h1-18,27H,19-20H2. The molecule has 7 heteroatoms. The highest BCUT2D eigenvalue weighted by Gasteiger charge is 2.33. The van der Waals surface area contributed by atoms with E-state index in [0.29, 0.717) is 21.5 Å². The molecule has 6 rings (SSSR count). The van der Waals surface area contributed by atoms with Gasteiger partial charge in [0.15, 0.2) is 0 Å². The molecule has 0 N–H and O–H groups in total. The Labute approximate surface area is 225 Å². The van der Waals surface area contributed by atoms with Crippen LogP contribution in [0.15, 0.2) is 118 Å². The van der Waals surface area contributed by atoms with Gasteiger partial charge in [-0.15, -0.1) is 0 Å². The fourth-order valence-electron chi connectivity index (χ4n) is 4.56. The van der Waals surface area contributed by atoms with Crippen LogP contribution in [0.2, 0.25) is 0 Å². The number of carbonyl (C=O) groups excluding carboxylic acids is 1. The molecule has 0 saturated carbocycles. The molecule has 0 bridgehead atoms. The number of anilines is 1. The lowest BCUT2D eigenvalue weighted by Crippen LogP contribution is -2.27. The van der Waals surface area contributed by atoms with E-state index >= 15 is 0 Å². The van der Waals surface area contributed by atoms with Crippen LogP contribution >= 0.6 is 24.0 Å². The minimum absolute atomic E-state index is 0.101. The Bertz CT molecular complexity index is 1480. The molecule has 4 aromatic rings. The third kappa shape index (κ3) is 4.88. The zero-order chi connectivity index (χ0) is 25.2. The molecule has 1 atom stereocenters. The van der Waals surface area contributed by atoms with Gasteiger partial charge in [0.2, 0.25) is 0 Å². The van der Waals surface area contributed by atoms with Gasteiger partial charge in [0.05, 0.1) is 35.2 Å². The van der Waals surface area contributed by atoms with Gasteiger partial charge in [-0.2, -0.15) is 5.10 Å². The van der Waals surface area contributed by atoms with Crippen LogP contribution in [0.25, 0.3) is 6.08 Å². The highest BCUT2D eigenvalue weighted by atomic mass is 32.2. The summed E-state index contributed by atoms with van der Waals surface area (Å²) < 4.78 is 5.92. The van der Waals surface area contributed by atoms with Crippen LogP contribution in [0, 0.1) is 0 Å². The summed E-state index contributed by atoms with van der Waals surface area (Å²) in [5, 5.41) is 7.13. The molecule has 3 heterocycles. The van der Waals surface area contributed by atoms with E-state index in [4.69, 9.17) is 21.7 Å². The Kier molecular flexibility index (Phi) is 6.47. The highest BCUT2D eigenvalue weighted by molar-refractivity contribution is 8.26. The molecule has 1 unspecified atom stereocenters. The van der Waals surface area contributed by atoms with E-state index in [-0.39, 0.29) is 11.9 Å². The summed E-state index contributed by atoms with van der Waals surface area (Å²) in [4.78, 5) is 15.2. The second-order valence-corrected chi connectivity index (χ2v) is 10.5. The quantitative estimate of drug-likeness (QED) is 0.201. The van der Waals surface area contributed by atoms with Crippen molar-refractivity contribution in [3.05, 3.63) is 131 Å². The van der Waals surface area contributed by atoms with E-state index in [9.17, 15) is 4.79 Å². The lowest BCUT2D eigenvalue weighted by atomic mass is 9.98. The van der Waals surface area contributed by atoms with Crippen LogP contribution in [-0.4, -0.2) is 20.8 Å². The average Bonchev–Trinajstić information content (AvgIpc) is 3.68. The maximum Gasteiger partial charge on any atom is 0.266 e. The van der Waals surface area contributed by atoms with Gasteiger partial charge < -0.3 is 4.42 Å². The van der Waals surface area contributed by atoms with Gasteiger partial charge in [-0.1, -0.05) is 96.8 Å². The molecule has 3 aromatic carbocycles. The zero-order valence-electron chi connectivity index (χ0n) is 19.9. The van der Waals surface area contributed by atoms with Gasteiger partial charge in [0.1, 0.15) is 10.1 Å². The molecular formula is C30H23N3O2S2. The van der Waals surface area contributed by atoms with Gasteiger partial charge in [0, 0.05) is 6.42 Å². The number of amides is 1. The number of thioether (sulfide) groups is 1. The second-order valence-electron chi connectivity index (χ2n) is 8.83. The van der Waals surface area contributed by atoms with Gasteiger partial charge in [-0.3, -0.25) is 14.7 Å². The SMILES string of the molecule is O=C1C(=Cc2ccc(N3N=C(c4ccccc4)CC3c3ccccc3)cc2)SC(=S)N1Cc1ccco1. The third-order valence-corrected chi connectivity index (χ3v) is 7.80. The third-order valence-electron chi connectivity index (χ3n) is 6.42. The van der Waals surface area contributed by atoms with Crippen LogP contribution in [0.3, 0.4) is 0 Å². The van der Waals surface area contributed by atoms with Crippen molar-refractivity contribution in [2.75, 3.05) is 5.01 Å². The largest absolute Gasteiger partial charge is 0.467 e. The monoisotopic (exact) mass is 521 g/mol. The van der Waals surface area contributed by atoms with E-state index in [0.717, 1.165) is 28.9 Å². The first-order chi connectivity index (χ1) is 18.2. The molecule has 37 heavy (non-hydrogen) atoms. The van der Waals surface area contributed by atoms with Crippen molar-refractivity contribution >= 4 is 51.7 Å². The maximum atomic E-state index is 13.0. The van der Waals surface area contributed by atoms with E-state index in [1.807, 2.05) is 48.5 Å². The second kappa shape index (κ2) is 10.2. The number of furan rings is 1. The smallest absolute Gasteiger partial charge is 0.266 e. The molecule has 1 aromatic heterocycles. The lowest BCUT2D eigenvalue weighted by Gasteiger charge is -2.24. The van der Waals surface area contributed by atoms with E-state index < -0.39 is 0 Å². The van der Waals surface area contributed by atoms with Crippen molar-refractivity contribution in [3.63, 3.8) is 0 Å².